The van der Waals surface area contributed by atoms with Crippen LogP contribution in [-0.2, 0) is 11.2 Å². The first-order valence-electron chi connectivity index (χ1n) is 9.91. The Bertz CT molecular complexity index is 946. The molecule has 1 aliphatic rings. The molecule has 0 fully saturated rings. The maximum absolute atomic E-state index is 12.1. The third-order valence-corrected chi connectivity index (χ3v) is 5.25. The van der Waals surface area contributed by atoms with Gasteiger partial charge < -0.3 is 9.64 Å². The number of anilines is 1. The normalized spacial score (nSPS) is 15.1. The van der Waals surface area contributed by atoms with Gasteiger partial charge in [-0.25, -0.2) is 5.43 Å². The zero-order valence-corrected chi connectivity index (χ0v) is 17.8. The third kappa shape index (κ3) is 4.50. The van der Waals surface area contributed by atoms with Crippen molar-refractivity contribution in [2.45, 2.75) is 39.7 Å². The van der Waals surface area contributed by atoms with E-state index in [0.717, 1.165) is 34.7 Å². The monoisotopic (exact) mass is 391 g/mol. The van der Waals surface area contributed by atoms with Gasteiger partial charge in [-0.3, -0.25) is 4.79 Å². The molecule has 3 rings (SSSR count). The first-order chi connectivity index (χ1) is 13.9. The average molecular weight is 392 g/mol. The molecule has 0 radical (unpaired) electrons. The van der Waals surface area contributed by atoms with Gasteiger partial charge in [-0.1, -0.05) is 36.4 Å². The molecule has 0 aromatic heterocycles. The summed E-state index contributed by atoms with van der Waals surface area (Å²) in [6.45, 7) is 9.61. The smallest absolute Gasteiger partial charge is 0.244 e. The van der Waals surface area contributed by atoms with Crippen molar-refractivity contribution in [3.8, 4) is 5.75 Å². The van der Waals surface area contributed by atoms with E-state index in [9.17, 15) is 4.79 Å². The first kappa shape index (κ1) is 20.6. The molecule has 152 valence electrons. The number of hydrazone groups is 1. The van der Waals surface area contributed by atoms with E-state index < -0.39 is 0 Å². The van der Waals surface area contributed by atoms with Crippen LogP contribution in [-0.4, -0.2) is 31.3 Å². The Balaban J connectivity index is 1.82. The molecule has 2 aromatic carbocycles. The van der Waals surface area contributed by atoms with Crippen LogP contribution in [0, 0.1) is 0 Å². The number of fused-ring (bicyclic) bond motifs is 1. The summed E-state index contributed by atoms with van der Waals surface area (Å²) in [7, 11) is 1.65. The van der Waals surface area contributed by atoms with Gasteiger partial charge in [0.2, 0.25) is 5.91 Å². The van der Waals surface area contributed by atoms with E-state index in [2.05, 4.69) is 61.3 Å². The lowest BCUT2D eigenvalue weighted by Crippen LogP contribution is -2.44. The van der Waals surface area contributed by atoms with Crippen LogP contribution in [0.5, 0.6) is 5.75 Å². The molecule has 0 saturated carbocycles. The fourth-order valence-electron chi connectivity index (χ4n) is 3.97. The van der Waals surface area contributed by atoms with E-state index in [1.807, 2.05) is 30.3 Å². The topological polar surface area (TPSA) is 53.9 Å². The predicted octanol–water partition coefficient (Wildman–Crippen LogP) is 4.41. The van der Waals surface area contributed by atoms with Crippen molar-refractivity contribution in [2.24, 2.45) is 5.10 Å². The molecule has 0 saturated heterocycles. The molecule has 0 bridgehead atoms. The number of methoxy groups -OCH3 is 1. The number of nitrogens with one attached hydrogen (secondary N) is 1. The van der Waals surface area contributed by atoms with Crippen LogP contribution in [0.15, 0.2) is 53.6 Å². The Morgan fingerprint density at radius 1 is 1.24 bits per heavy atom. The zero-order valence-electron chi connectivity index (χ0n) is 17.8. The van der Waals surface area contributed by atoms with E-state index in [-0.39, 0.29) is 11.4 Å². The Hall–Kier alpha value is -3.08. The maximum Gasteiger partial charge on any atom is 0.244 e. The average Bonchev–Trinajstić information content (AvgIpc) is 2.68. The standard InChI is InChI=1S/C24H29N3O2/c1-6-27-21-14-22(29-5)19(13-20(21)17(2)15-24(27,3)4)16-25-26-23(28)12-18-10-8-7-9-11-18/h7-11,13-16H,6,12H2,1-5H3,(H,26,28)/b25-16-. The SMILES string of the molecule is CCN1c2cc(OC)c(/C=N\NC(=O)Cc3ccccc3)cc2C(C)=CC1(C)C. The van der Waals surface area contributed by atoms with E-state index in [0.29, 0.717) is 6.42 Å². The number of carbonyl (C=O) groups excluding carboxylic acids is 1. The number of hydrogen-bond donors (Lipinski definition) is 1. The van der Waals surface area contributed by atoms with Crippen molar-refractivity contribution < 1.29 is 9.53 Å². The first-order valence-corrected chi connectivity index (χ1v) is 9.91. The van der Waals surface area contributed by atoms with Crippen LogP contribution in [0.3, 0.4) is 0 Å². The van der Waals surface area contributed by atoms with Crippen molar-refractivity contribution in [3.05, 3.63) is 65.2 Å². The summed E-state index contributed by atoms with van der Waals surface area (Å²) in [6.07, 6.45) is 4.22. The van der Waals surface area contributed by atoms with Gasteiger partial charge in [-0.2, -0.15) is 5.10 Å². The molecule has 29 heavy (non-hydrogen) atoms. The Labute approximate surface area is 173 Å². The fourth-order valence-corrected chi connectivity index (χ4v) is 3.97. The minimum atomic E-state index is -0.153. The van der Waals surface area contributed by atoms with Crippen molar-refractivity contribution in [1.82, 2.24) is 5.43 Å². The van der Waals surface area contributed by atoms with Gasteiger partial charge in [0.15, 0.2) is 0 Å². The molecule has 1 aliphatic heterocycles. The summed E-state index contributed by atoms with van der Waals surface area (Å²) in [5.41, 5.74) is 7.86. The number of hydrogen-bond acceptors (Lipinski definition) is 4. The maximum atomic E-state index is 12.1. The minimum Gasteiger partial charge on any atom is -0.496 e. The van der Waals surface area contributed by atoms with Crippen LogP contribution in [0.2, 0.25) is 0 Å². The molecular weight excluding hydrogens is 362 g/mol. The summed E-state index contributed by atoms with van der Waals surface area (Å²) in [4.78, 5) is 14.5. The number of allylic oxidation sites excluding steroid dienone is 1. The summed E-state index contributed by atoms with van der Waals surface area (Å²) >= 11 is 0. The second kappa shape index (κ2) is 8.52. The van der Waals surface area contributed by atoms with Crippen molar-refractivity contribution >= 4 is 23.4 Å². The van der Waals surface area contributed by atoms with E-state index in [1.165, 1.54) is 5.57 Å². The Kier molecular flexibility index (Phi) is 6.06. The highest BCUT2D eigenvalue weighted by atomic mass is 16.5. The molecule has 1 N–H and O–H groups in total. The summed E-state index contributed by atoms with van der Waals surface area (Å²) in [5.74, 6) is 0.577. The Morgan fingerprint density at radius 3 is 2.62 bits per heavy atom. The molecule has 0 spiro atoms. The van der Waals surface area contributed by atoms with Crippen molar-refractivity contribution in [1.29, 1.82) is 0 Å². The molecular formula is C24H29N3O2. The number of nitrogens with zero attached hydrogens (tertiary/aromatic N) is 2. The number of ether oxygens (including phenoxy) is 1. The fraction of sp³-hybridized carbons (Fsp3) is 0.333. The lowest BCUT2D eigenvalue weighted by Gasteiger charge is -2.43. The number of amides is 1. The lowest BCUT2D eigenvalue weighted by atomic mass is 9.88. The quantitative estimate of drug-likeness (QED) is 0.586. The minimum absolute atomic E-state index is 0.0577. The van der Waals surface area contributed by atoms with Gasteiger partial charge in [0.25, 0.3) is 0 Å². The molecule has 0 aliphatic carbocycles. The highest BCUT2D eigenvalue weighted by molar-refractivity contribution is 5.91. The second-order valence-electron chi connectivity index (χ2n) is 7.79. The van der Waals surface area contributed by atoms with Crippen LogP contribution in [0.25, 0.3) is 5.57 Å². The van der Waals surface area contributed by atoms with Crippen LogP contribution in [0.1, 0.15) is 44.4 Å². The predicted molar refractivity (Wildman–Crippen MR) is 120 cm³/mol. The number of likely N-dealkylation sites (N-methyl/N-ethyl adjacent to an activating group) is 1. The third-order valence-electron chi connectivity index (χ3n) is 5.25. The molecule has 1 heterocycles. The largest absolute Gasteiger partial charge is 0.496 e. The van der Waals surface area contributed by atoms with Gasteiger partial charge in [0.05, 0.1) is 25.3 Å². The zero-order chi connectivity index (χ0) is 21.0. The van der Waals surface area contributed by atoms with Gasteiger partial charge in [-0.15, -0.1) is 0 Å². The molecule has 0 unspecified atom stereocenters. The number of benzene rings is 2. The van der Waals surface area contributed by atoms with Gasteiger partial charge in [0.1, 0.15) is 5.75 Å². The lowest BCUT2D eigenvalue weighted by molar-refractivity contribution is -0.120. The summed E-state index contributed by atoms with van der Waals surface area (Å²) in [5, 5.41) is 4.15. The van der Waals surface area contributed by atoms with Crippen LogP contribution >= 0.6 is 0 Å². The highest BCUT2D eigenvalue weighted by Crippen LogP contribution is 2.41. The molecule has 2 aromatic rings. The van der Waals surface area contributed by atoms with Crippen molar-refractivity contribution in [3.63, 3.8) is 0 Å². The van der Waals surface area contributed by atoms with Gasteiger partial charge >= 0.3 is 0 Å². The van der Waals surface area contributed by atoms with Gasteiger partial charge in [0, 0.05) is 29.4 Å². The van der Waals surface area contributed by atoms with E-state index in [1.54, 1.807) is 13.3 Å². The highest BCUT2D eigenvalue weighted by Gasteiger charge is 2.31. The van der Waals surface area contributed by atoms with Crippen molar-refractivity contribution in [2.75, 3.05) is 18.6 Å². The summed E-state index contributed by atoms with van der Waals surface area (Å²) < 4.78 is 5.61. The number of carbonyl (C=O) groups is 1. The van der Waals surface area contributed by atoms with E-state index in [4.69, 9.17) is 4.74 Å². The summed E-state index contributed by atoms with van der Waals surface area (Å²) in [6, 6.07) is 13.7. The molecule has 5 heteroatoms. The molecule has 0 atom stereocenters. The molecule has 1 amide bonds. The van der Waals surface area contributed by atoms with E-state index >= 15 is 0 Å². The molecule has 5 nitrogen and oxygen atoms in total. The second-order valence-corrected chi connectivity index (χ2v) is 7.79. The Morgan fingerprint density at radius 2 is 1.97 bits per heavy atom. The number of rotatable bonds is 6. The van der Waals surface area contributed by atoms with Crippen LogP contribution < -0.4 is 15.1 Å². The van der Waals surface area contributed by atoms with Crippen LogP contribution in [0.4, 0.5) is 5.69 Å². The van der Waals surface area contributed by atoms with Gasteiger partial charge in [-0.05, 0) is 44.9 Å².